The summed E-state index contributed by atoms with van der Waals surface area (Å²) in [5.41, 5.74) is 6.42. The summed E-state index contributed by atoms with van der Waals surface area (Å²) in [5.74, 6) is 3.27. The molecular weight excluding hydrogens is 330 g/mol. The molecule has 0 fully saturated rings. The summed E-state index contributed by atoms with van der Waals surface area (Å²) in [6, 6.07) is 6.83. The van der Waals surface area contributed by atoms with Crippen LogP contribution in [0.3, 0.4) is 0 Å². The Bertz CT molecular complexity index is 919. The first-order valence-electron chi connectivity index (χ1n) is 9.07. The fourth-order valence-corrected chi connectivity index (χ4v) is 4.77. The Morgan fingerprint density at radius 1 is 1.00 bits per heavy atom. The molecule has 0 saturated carbocycles. The van der Waals surface area contributed by atoms with Crippen molar-refractivity contribution in [2.75, 3.05) is 41.7 Å². The smallest absolute Gasteiger partial charge is 0.231 e. The molecule has 0 bridgehead atoms. The van der Waals surface area contributed by atoms with Gasteiger partial charge in [-0.25, -0.2) is 0 Å². The zero-order valence-corrected chi connectivity index (χ0v) is 15.7. The molecule has 0 aromatic heterocycles. The molecule has 3 aliphatic rings. The molecule has 1 aliphatic carbocycles. The second-order valence-corrected chi connectivity index (χ2v) is 7.89. The van der Waals surface area contributed by atoms with Crippen LogP contribution < -0.4 is 18.9 Å². The zero-order chi connectivity index (χ0) is 18.1. The minimum Gasteiger partial charge on any atom is -0.493 e. The first-order chi connectivity index (χ1) is 12.5. The predicted molar refractivity (Wildman–Crippen MR) is 98.2 cm³/mol. The van der Waals surface area contributed by atoms with Gasteiger partial charge < -0.3 is 23.4 Å². The molecule has 5 heteroatoms. The lowest BCUT2D eigenvalue weighted by atomic mass is 9.75. The van der Waals surface area contributed by atoms with Gasteiger partial charge in [-0.15, -0.1) is 0 Å². The van der Waals surface area contributed by atoms with E-state index in [1.54, 1.807) is 14.2 Å². The van der Waals surface area contributed by atoms with Crippen molar-refractivity contribution in [3.05, 3.63) is 34.9 Å². The highest BCUT2D eigenvalue weighted by Crippen LogP contribution is 2.55. The Kier molecular flexibility index (Phi) is 3.23. The van der Waals surface area contributed by atoms with Crippen LogP contribution in [0.1, 0.15) is 22.7 Å². The fraction of sp³-hybridized carbons (Fsp3) is 0.429. The lowest BCUT2D eigenvalue weighted by Gasteiger charge is -2.46. The van der Waals surface area contributed by atoms with E-state index in [2.05, 4.69) is 32.3 Å². The summed E-state index contributed by atoms with van der Waals surface area (Å²) >= 11 is 0. The van der Waals surface area contributed by atoms with Crippen molar-refractivity contribution in [3.8, 4) is 34.1 Å². The summed E-state index contributed by atoms with van der Waals surface area (Å²) in [7, 11) is 8.08. The number of rotatable bonds is 2. The second kappa shape index (κ2) is 5.30. The van der Waals surface area contributed by atoms with E-state index in [4.69, 9.17) is 18.9 Å². The van der Waals surface area contributed by atoms with Gasteiger partial charge in [-0.3, -0.25) is 0 Å². The van der Waals surface area contributed by atoms with Gasteiger partial charge in [0.25, 0.3) is 0 Å². The fourth-order valence-electron chi connectivity index (χ4n) is 4.77. The van der Waals surface area contributed by atoms with Gasteiger partial charge in [0.15, 0.2) is 23.0 Å². The van der Waals surface area contributed by atoms with E-state index in [1.165, 1.54) is 22.3 Å². The maximum Gasteiger partial charge on any atom is 0.231 e. The Labute approximate surface area is 153 Å². The van der Waals surface area contributed by atoms with Crippen LogP contribution >= 0.6 is 0 Å². The molecule has 2 aromatic rings. The normalized spacial score (nSPS) is 21.0. The lowest BCUT2D eigenvalue weighted by molar-refractivity contribution is -0.923. The largest absolute Gasteiger partial charge is 0.493 e. The van der Waals surface area contributed by atoms with Gasteiger partial charge in [0.2, 0.25) is 6.79 Å². The number of nitrogens with zero attached hydrogens (tertiary/aromatic N) is 1. The number of methoxy groups -OCH3 is 2. The Balaban J connectivity index is 1.86. The van der Waals surface area contributed by atoms with Crippen LogP contribution in [-0.4, -0.2) is 46.1 Å². The number of benzene rings is 2. The molecule has 0 radical (unpaired) electrons. The number of fused-ring (bicyclic) bond motifs is 3. The van der Waals surface area contributed by atoms with Crippen LogP contribution in [-0.2, 0) is 12.8 Å². The summed E-state index contributed by atoms with van der Waals surface area (Å²) in [5, 5.41) is 0. The Hall–Kier alpha value is -2.40. The van der Waals surface area contributed by atoms with E-state index >= 15 is 0 Å². The predicted octanol–water partition coefficient (Wildman–Crippen LogP) is 3.33. The third-order valence-corrected chi connectivity index (χ3v) is 6.21. The highest BCUT2D eigenvalue weighted by molar-refractivity contribution is 5.84. The van der Waals surface area contributed by atoms with E-state index in [0.717, 1.165) is 52.4 Å². The van der Waals surface area contributed by atoms with Gasteiger partial charge in [0, 0.05) is 24.0 Å². The first-order valence-corrected chi connectivity index (χ1v) is 9.07. The van der Waals surface area contributed by atoms with Crippen molar-refractivity contribution in [2.24, 2.45) is 0 Å². The molecule has 2 aliphatic heterocycles. The molecule has 1 atom stereocenters. The van der Waals surface area contributed by atoms with Crippen LogP contribution in [0.4, 0.5) is 0 Å². The van der Waals surface area contributed by atoms with Crippen molar-refractivity contribution < 1.29 is 23.4 Å². The molecule has 26 heavy (non-hydrogen) atoms. The molecule has 136 valence electrons. The number of hydrogen-bond donors (Lipinski definition) is 0. The molecule has 2 heterocycles. The van der Waals surface area contributed by atoms with Crippen molar-refractivity contribution in [1.29, 1.82) is 0 Å². The molecule has 0 spiro atoms. The third-order valence-electron chi connectivity index (χ3n) is 6.21. The van der Waals surface area contributed by atoms with E-state index < -0.39 is 0 Å². The Morgan fingerprint density at radius 2 is 1.77 bits per heavy atom. The van der Waals surface area contributed by atoms with Crippen molar-refractivity contribution in [3.63, 3.8) is 0 Å². The topological polar surface area (TPSA) is 36.9 Å². The lowest BCUT2D eigenvalue weighted by Crippen LogP contribution is -2.49. The Morgan fingerprint density at radius 3 is 2.50 bits per heavy atom. The number of quaternary nitrogens is 1. The first kappa shape index (κ1) is 15.8. The average molecular weight is 354 g/mol. The van der Waals surface area contributed by atoms with Crippen LogP contribution in [0.25, 0.3) is 11.1 Å². The van der Waals surface area contributed by atoms with Gasteiger partial charge >= 0.3 is 0 Å². The third kappa shape index (κ3) is 2.01. The van der Waals surface area contributed by atoms with Crippen molar-refractivity contribution >= 4 is 0 Å². The molecule has 2 aromatic carbocycles. The van der Waals surface area contributed by atoms with Crippen molar-refractivity contribution in [2.45, 2.75) is 18.9 Å². The molecule has 0 saturated heterocycles. The quantitative estimate of drug-likeness (QED) is 0.775. The van der Waals surface area contributed by atoms with Gasteiger partial charge in [-0.05, 0) is 34.9 Å². The number of hydrogen-bond acceptors (Lipinski definition) is 4. The zero-order valence-electron chi connectivity index (χ0n) is 15.7. The number of likely N-dealkylation sites (N-methyl/N-ethyl adjacent to an activating group) is 1. The van der Waals surface area contributed by atoms with Gasteiger partial charge in [-0.2, -0.15) is 0 Å². The van der Waals surface area contributed by atoms with Gasteiger partial charge in [0.05, 0.1) is 34.9 Å². The average Bonchev–Trinajstić information content (AvgIpc) is 3.09. The molecule has 0 amide bonds. The number of ether oxygens (including phenoxy) is 4. The molecule has 5 rings (SSSR count). The van der Waals surface area contributed by atoms with Crippen molar-refractivity contribution in [1.82, 2.24) is 0 Å². The van der Waals surface area contributed by atoms with Gasteiger partial charge in [-0.1, -0.05) is 0 Å². The van der Waals surface area contributed by atoms with Crippen LogP contribution in [0, 0.1) is 0 Å². The molecule has 5 nitrogen and oxygen atoms in total. The van der Waals surface area contributed by atoms with E-state index in [0.29, 0.717) is 6.04 Å². The summed E-state index contributed by atoms with van der Waals surface area (Å²) < 4.78 is 23.8. The molecule has 0 unspecified atom stereocenters. The van der Waals surface area contributed by atoms with E-state index in [9.17, 15) is 0 Å². The van der Waals surface area contributed by atoms with Crippen LogP contribution in [0.5, 0.6) is 23.0 Å². The second-order valence-electron chi connectivity index (χ2n) is 7.89. The summed E-state index contributed by atoms with van der Waals surface area (Å²) in [6.07, 6.45) is 2.04. The molecule has 0 N–H and O–H groups in total. The van der Waals surface area contributed by atoms with E-state index in [1.807, 2.05) is 0 Å². The van der Waals surface area contributed by atoms with E-state index in [-0.39, 0.29) is 6.79 Å². The highest BCUT2D eigenvalue weighted by atomic mass is 16.7. The van der Waals surface area contributed by atoms with Crippen LogP contribution in [0.15, 0.2) is 18.2 Å². The minimum absolute atomic E-state index is 0.288. The van der Waals surface area contributed by atoms with Gasteiger partial charge in [0.1, 0.15) is 6.04 Å². The highest BCUT2D eigenvalue weighted by Gasteiger charge is 2.43. The monoisotopic (exact) mass is 354 g/mol. The standard InChI is InChI=1S/C21H24NO4/c1-22(2)6-5-12-8-18(23-3)21(24-4)20-14-10-17-16(25-11-26-17)9-13(14)7-15(22)19(12)20/h8-10,15H,5-7,11H2,1-4H3/q+1/t15-/m0/s1. The van der Waals surface area contributed by atoms with Crippen LogP contribution in [0.2, 0.25) is 0 Å². The summed E-state index contributed by atoms with van der Waals surface area (Å²) in [4.78, 5) is 0. The SMILES string of the molecule is COc1cc2c3c(c1OC)-c1cc4c(cc1C[C@@H]3[N+](C)(C)CC2)OCO4. The summed E-state index contributed by atoms with van der Waals surface area (Å²) in [6.45, 7) is 1.41. The molecular formula is C21H24NO4+. The maximum atomic E-state index is 5.85. The maximum absolute atomic E-state index is 5.85. The minimum atomic E-state index is 0.288.